The number of nitrogens with one attached hydrogen (secondary N) is 1. The molecule has 0 atom stereocenters. The summed E-state index contributed by atoms with van der Waals surface area (Å²) in [5.41, 5.74) is 11.0. The number of hydrogen-bond acceptors (Lipinski definition) is 5. The molecule has 0 radical (unpaired) electrons. The van der Waals surface area contributed by atoms with E-state index in [2.05, 4.69) is 34.6 Å². The molecule has 0 fully saturated rings. The van der Waals surface area contributed by atoms with Crippen LogP contribution in [0.15, 0.2) is 66.9 Å². The van der Waals surface area contributed by atoms with Crippen molar-refractivity contribution < 1.29 is 14.6 Å². The second kappa shape index (κ2) is 8.69. The lowest BCUT2D eigenvalue weighted by Gasteiger charge is -2.14. The molecule has 4 rings (SSSR count). The van der Waals surface area contributed by atoms with Crippen LogP contribution in [-0.4, -0.2) is 29.3 Å². The van der Waals surface area contributed by atoms with Crippen LogP contribution in [-0.2, 0) is 4.74 Å². The van der Waals surface area contributed by atoms with E-state index in [9.17, 15) is 9.90 Å². The number of aromatic hydroxyl groups is 1. The summed E-state index contributed by atoms with van der Waals surface area (Å²) in [6.07, 6.45) is 5.46. The third-order valence-electron chi connectivity index (χ3n) is 5.15. The maximum atomic E-state index is 12.1. The third kappa shape index (κ3) is 4.12. The average Bonchev–Trinajstić information content (AvgIpc) is 3.08. The third-order valence-corrected chi connectivity index (χ3v) is 5.15. The van der Waals surface area contributed by atoms with Gasteiger partial charge in [-0.3, -0.25) is 0 Å². The molecule has 0 saturated carbocycles. The molecule has 4 N–H and O–H groups in total. The first kappa shape index (κ1) is 19.5. The highest BCUT2D eigenvalue weighted by Gasteiger charge is 2.28. The molecule has 0 spiro atoms. The number of carbonyl (C=O) groups is 1. The summed E-state index contributed by atoms with van der Waals surface area (Å²) in [5, 5.41) is 12.3. The maximum absolute atomic E-state index is 12.1. The second-order valence-electron chi connectivity index (χ2n) is 7.12. The number of ether oxygens (including phenoxy) is 1. The van der Waals surface area contributed by atoms with Crippen LogP contribution < -0.4 is 11.1 Å². The van der Waals surface area contributed by atoms with E-state index in [0.717, 1.165) is 5.56 Å². The van der Waals surface area contributed by atoms with Gasteiger partial charge in [0.25, 0.3) is 0 Å². The normalized spacial score (nSPS) is 12.5. The fourth-order valence-electron chi connectivity index (χ4n) is 3.70. The number of aromatic nitrogens is 1. The summed E-state index contributed by atoms with van der Waals surface area (Å²) < 4.78 is 5.50. The Morgan fingerprint density at radius 3 is 2.47 bits per heavy atom. The van der Waals surface area contributed by atoms with Crippen molar-refractivity contribution in [3.05, 3.63) is 83.6 Å². The molecule has 1 heterocycles. The minimum atomic E-state index is -0.433. The molecule has 0 unspecified atom stereocenters. The average molecular weight is 401 g/mol. The number of rotatable bonds is 6. The van der Waals surface area contributed by atoms with E-state index in [1.807, 2.05) is 36.4 Å². The highest BCUT2D eigenvalue weighted by molar-refractivity contribution is 5.79. The van der Waals surface area contributed by atoms with Crippen molar-refractivity contribution in [2.24, 2.45) is 0 Å². The van der Waals surface area contributed by atoms with Crippen molar-refractivity contribution in [1.82, 2.24) is 10.3 Å². The van der Waals surface area contributed by atoms with Crippen LogP contribution in [0.4, 0.5) is 10.6 Å². The van der Waals surface area contributed by atoms with Gasteiger partial charge in [0.2, 0.25) is 0 Å². The first-order valence-corrected chi connectivity index (χ1v) is 9.83. The van der Waals surface area contributed by atoms with Crippen LogP contribution in [0.1, 0.15) is 29.0 Å². The van der Waals surface area contributed by atoms with Gasteiger partial charge in [-0.05, 0) is 40.3 Å². The monoisotopic (exact) mass is 401 g/mol. The molecule has 6 nitrogen and oxygen atoms in total. The van der Waals surface area contributed by atoms with Gasteiger partial charge >= 0.3 is 6.09 Å². The number of alkyl carbamates (subject to hydrolysis) is 1. The first-order chi connectivity index (χ1) is 14.6. The van der Waals surface area contributed by atoms with Gasteiger partial charge in [-0.15, -0.1) is 0 Å². The number of pyridine rings is 1. The molecular weight excluding hydrogens is 378 g/mol. The summed E-state index contributed by atoms with van der Waals surface area (Å²) in [4.78, 5) is 16.0. The largest absolute Gasteiger partial charge is 0.504 e. The Kier molecular flexibility index (Phi) is 5.66. The number of nitrogens with zero attached hydrogens (tertiary/aromatic N) is 1. The summed E-state index contributed by atoms with van der Waals surface area (Å²) in [6, 6.07) is 18.0. The number of amides is 1. The zero-order chi connectivity index (χ0) is 20.9. The van der Waals surface area contributed by atoms with Crippen molar-refractivity contribution >= 4 is 18.0 Å². The highest BCUT2D eigenvalue weighted by Crippen LogP contribution is 2.44. The van der Waals surface area contributed by atoms with Crippen LogP contribution in [0, 0.1) is 0 Å². The van der Waals surface area contributed by atoms with Crippen molar-refractivity contribution in [2.45, 2.75) is 12.3 Å². The Balaban J connectivity index is 1.27. The summed E-state index contributed by atoms with van der Waals surface area (Å²) in [5.74, 6) is 0.103. The second-order valence-corrected chi connectivity index (χ2v) is 7.12. The fourth-order valence-corrected chi connectivity index (χ4v) is 3.70. The molecule has 0 aliphatic heterocycles. The first-order valence-electron chi connectivity index (χ1n) is 9.83. The van der Waals surface area contributed by atoms with Crippen LogP contribution in [0.2, 0.25) is 0 Å². The Hall–Kier alpha value is -3.80. The molecule has 0 saturated heterocycles. The van der Waals surface area contributed by atoms with E-state index in [-0.39, 0.29) is 17.5 Å². The predicted octanol–water partition coefficient (Wildman–Crippen LogP) is 4.31. The maximum Gasteiger partial charge on any atom is 0.407 e. The van der Waals surface area contributed by atoms with Crippen LogP contribution in [0.25, 0.3) is 17.2 Å². The SMILES string of the molecule is Nc1ncc(C=CCCNC(=O)OCC2c3ccccc3-c3ccccc32)cc1O. The number of benzene rings is 2. The Bertz CT molecular complexity index is 1050. The molecule has 30 heavy (non-hydrogen) atoms. The van der Waals surface area contributed by atoms with Gasteiger partial charge in [-0.2, -0.15) is 0 Å². The molecule has 1 aromatic heterocycles. The lowest BCUT2D eigenvalue weighted by Crippen LogP contribution is -2.26. The van der Waals surface area contributed by atoms with Gasteiger partial charge < -0.3 is 20.9 Å². The topological polar surface area (TPSA) is 97.5 Å². The number of nitrogens with two attached hydrogens (primary N) is 1. The molecule has 2 aromatic carbocycles. The smallest absolute Gasteiger partial charge is 0.407 e. The van der Waals surface area contributed by atoms with Gasteiger partial charge in [-0.1, -0.05) is 60.7 Å². The summed E-state index contributed by atoms with van der Waals surface area (Å²) in [6.45, 7) is 0.744. The number of fused-ring (bicyclic) bond motifs is 3. The molecule has 3 aromatic rings. The Morgan fingerprint density at radius 1 is 1.13 bits per heavy atom. The minimum absolute atomic E-state index is 0.0473. The molecule has 0 bridgehead atoms. The van der Waals surface area contributed by atoms with Crippen molar-refractivity contribution in [1.29, 1.82) is 0 Å². The van der Waals surface area contributed by atoms with Crippen LogP contribution in [0.3, 0.4) is 0 Å². The summed E-state index contributed by atoms with van der Waals surface area (Å²) in [7, 11) is 0. The summed E-state index contributed by atoms with van der Waals surface area (Å²) >= 11 is 0. The lowest BCUT2D eigenvalue weighted by atomic mass is 9.98. The van der Waals surface area contributed by atoms with Crippen molar-refractivity contribution in [2.75, 3.05) is 18.9 Å². The number of anilines is 1. The van der Waals surface area contributed by atoms with Crippen molar-refractivity contribution in [3.8, 4) is 16.9 Å². The molecule has 1 aliphatic carbocycles. The Labute approximate surface area is 175 Å². The number of hydrogen-bond donors (Lipinski definition) is 3. The van der Waals surface area contributed by atoms with Gasteiger partial charge in [0.05, 0.1) is 0 Å². The van der Waals surface area contributed by atoms with Gasteiger partial charge in [0, 0.05) is 18.7 Å². The molecule has 6 heteroatoms. The van der Waals surface area contributed by atoms with Gasteiger partial charge in [0.15, 0.2) is 11.6 Å². The van der Waals surface area contributed by atoms with Gasteiger partial charge in [-0.25, -0.2) is 9.78 Å². The molecule has 1 amide bonds. The molecule has 1 aliphatic rings. The number of nitrogen functional groups attached to an aromatic ring is 1. The van der Waals surface area contributed by atoms with Crippen LogP contribution >= 0.6 is 0 Å². The van der Waals surface area contributed by atoms with Crippen LogP contribution in [0.5, 0.6) is 5.75 Å². The van der Waals surface area contributed by atoms with Crippen molar-refractivity contribution in [3.63, 3.8) is 0 Å². The number of carbonyl (C=O) groups excluding carboxylic acids is 1. The Morgan fingerprint density at radius 2 is 1.80 bits per heavy atom. The fraction of sp³-hybridized carbons (Fsp3) is 0.167. The predicted molar refractivity (Wildman–Crippen MR) is 117 cm³/mol. The van der Waals surface area contributed by atoms with E-state index in [0.29, 0.717) is 19.6 Å². The molecule has 152 valence electrons. The zero-order valence-electron chi connectivity index (χ0n) is 16.4. The van der Waals surface area contributed by atoms with E-state index in [4.69, 9.17) is 10.5 Å². The lowest BCUT2D eigenvalue weighted by molar-refractivity contribution is 0.143. The quantitative estimate of drug-likeness (QED) is 0.535. The standard InChI is InChI=1S/C24H23N3O3/c25-23-22(28)13-16(14-27-23)7-5-6-12-26-24(29)30-15-21-19-10-3-1-8-17(19)18-9-2-4-11-20(18)21/h1-5,7-11,13-14,21,28H,6,12,15H2,(H2,25,27)(H,26,29). The zero-order valence-corrected chi connectivity index (χ0v) is 16.4. The van der Waals surface area contributed by atoms with Gasteiger partial charge in [0.1, 0.15) is 6.61 Å². The minimum Gasteiger partial charge on any atom is -0.504 e. The van der Waals surface area contributed by atoms with E-state index in [1.165, 1.54) is 28.3 Å². The van der Waals surface area contributed by atoms with E-state index >= 15 is 0 Å². The van der Waals surface area contributed by atoms with E-state index < -0.39 is 6.09 Å². The van der Waals surface area contributed by atoms with E-state index in [1.54, 1.807) is 6.20 Å². The highest BCUT2D eigenvalue weighted by atomic mass is 16.5. The molecular formula is C24H23N3O3.